The number of nitrogens with zero attached hydrogens (tertiary/aromatic N) is 1. The van der Waals surface area contributed by atoms with Crippen LogP contribution in [-0.4, -0.2) is 30.3 Å². The molecule has 0 radical (unpaired) electrons. The SMILES string of the molecule is CN(C(=O)CNC(=O)c1ccc(F)cc1F)C1CCc2ccccc21. The molecule has 0 aliphatic heterocycles. The van der Waals surface area contributed by atoms with Gasteiger partial charge in [-0.2, -0.15) is 0 Å². The van der Waals surface area contributed by atoms with Gasteiger partial charge in [-0.1, -0.05) is 24.3 Å². The first-order valence-corrected chi connectivity index (χ1v) is 8.04. The second-order valence-corrected chi connectivity index (χ2v) is 6.06. The molecule has 3 rings (SSSR count). The Labute approximate surface area is 144 Å². The molecule has 2 aromatic carbocycles. The lowest BCUT2D eigenvalue weighted by molar-refractivity contribution is -0.131. The first-order chi connectivity index (χ1) is 12.0. The van der Waals surface area contributed by atoms with Gasteiger partial charge in [-0.15, -0.1) is 0 Å². The Bertz CT molecular complexity index is 823. The number of nitrogens with one attached hydrogen (secondary N) is 1. The molecule has 2 aromatic rings. The van der Waals surface area contributed by atoms with E-state index in [4.69, 9.17) is 0 Å². The summed E-state index contributed by atoms with van der Waals surface area (Å²) in [4.78, 5) is 26.0. The van der Waals surface area contributed by atoms with E-state index < -0.39 is 17.5 Å². The fourth-order valence-corrected chi connectivity index (χ4v) is 3.16. The Balaban J connectivity index is 1.62. The van der Waals surface area contributed by atoms with Gasteiger partial charge >= 0.3 is 0 Å². The molecular weight excluding hydrogens is 326 g/mol. The summed E-state index contributed by atoms with van der Waals surface area (Å²) < 4.78 is 26.5. The summed E-state index contributed by atoms with van der Waals surface area (Å²) in [6, 6.07) is 10.6. The molecular formula is C19H18F2N2O2. The van der Waals surface area contributed by atoms with Crippen LogP contribution in [0.2, 0.25) is 0 Å². The number of halogens is 2. The minimum atomic E-state index is -0.956. The highest BCUT2D eigenvalue weighted by atomic mass is 19.1. The predicted molar refractivity (Wildman–Crippen MR) is 89.0 cm³/mol. The first-order valence-electron chi connectivity index (χ1n) is 8.04. The van der Waals surface area contributed by atoms with Gasteiger partial charge in [0.15, 0.2) is 0 Å². The molecule has 1 unspecified atom stereocenters. The lowest BCUT2D eigenvalue weighted by Gasteiger charge is -2.25. The maximum atomic E-state index is 13.6. The monoisotopic (exact) mass is 344 g/mol. The topological polar surface area (TPSA) is 49.4 Å². The van der Waals surface area contributed by atoms with E-state index in [-0.39, 0.29) is 24.1 Å². The summed E-state index contributed by atoms with van der Waals surface area (Å²) in [5, 5.41) is 2.39. The molecule has 0 saturated carbocycles. The number of likely N-dealkylation sites (N-methyl/N-ethyl adjacent to an activating group) is 1. The Morgan fingerprint density at radius 1 is 1.20 bits per heavy atom. The van der Waals surface area contributed by atoms with Crippen LogP contribution in [-0.2, 0) is 11.2 Å². The summed E-state index contributed by atoms with van der Waals surface area (Å²) >= 11 is 0. The van der Waals surface area contributed by atoms with Gasteiger partial charge in [-0.05, 0) is 36.1 Å². The minimum Gasteiger partial charge on any atom is -0.343 e. The number of hydrogen-bond acceptors (Lipinski definition) is 2. The standard InChI is InChI=1S/C19H18F2N2O2/c1-23(17-9-6-12-4-2-3-5-14(12)17)18(24)11-22-19(25)15-8-7-13(20)10-16(15)21/h2-5,7-8,10,17H,6,9,11H2,1H3,(H,22,25). The van der Waals surface area contributed by atoms with Gasteiger partial charge < -0.3 is 10.2 Å². The van der Waals surface area contributed by atoms with E-state index in [9.17, 15) is 18.4 Å². The second-order valence-electron chi connectivity index (χ2n) is 6.06. The van der Waals surface area contributed by atoms with Crippen molar-refractivity contribution in [2.24, 2.45) is 0 Å². The van der Waals surface area contributed by atoms with Crippen LogP contribution < -0.4 is 5.32 Å². The van der Waals surface area contributed by atoms with E-state index in [1.54, 1.807) is 11.9 Å². The molecule has 1 aliphatic carbocycles. The van der Waals surface area contributed by atoms with Crippen molar-refractivity contribution in [3.63, 3.8) is 0 Å². The zero-order chi connectivity index (χ0) is 18.0. The molecule has 0 heterocycles. The van der Waals surface area contributed by atoms with E-state index >= 15 is 0 Å². The third kappa shape index (κ3) is 3.52. The molecule has 0 saturated heterocycles. The van der Waals surface area contributed by atoms with Crippen LogP contribution in [0.4, 0.5) is 8.78 Å². The minimum absolute atomic E-state index is 0.0249. The number of benzene rings is 2. The highest BCUT2D eigenvalue weighted by Gasteiger charge is 2.28. The summed E-state index contributed by atoms with van der Waals surface area (Å²) in [7, 11) is 1.69. The number of carbonyl (C=O) groups is 2. The molecule has 1 N–H and O–H groups in total. The maximum Gasteiger partial charge on any atom is 0.254 e. The third-order valence-corrected chi connectivity index (χ3v) is 4.54. The number of fused-ring (bicyclic) bond motifs is 1. The average molecular weight is 344 g/mol. The number of hydrogen-bond donors (Lipinski definition) is 1. The van der Waals surface area contributed by atoms with E-state index in [0.717, 1.165) is 30.5 Å². The Morgan fingerprint density at radius 2 is 1.96 bits per heavy atom. The van der Waals surface area contributed by atoms with Crippen molar-refractivity contribution in [3.05, 3.63) is 70.8 Å². The lowest BCUT2D eigenvalue weighted by Crippen LogP contribution is -2.39. The van der Waals surface area contributed by atoms with Crippen LogP contribution in [0, 0.1) is 11.6 Å². The molecule has 1 atom stereocenters. The predicted octanol–water partition coefficient (Wildman–Crippen LogP) is 2.84. The fourth-order valence-electron chi connectivity index (χ4n) is 3.16. The van der Waals surface area contributed by atoms with Gasteiger partial charge in [0.25, 0.3) is 5.91 Å². The molecule has 4 nitrogen and oxygen atoms in total. The van der Waals surface area contributed by atoms with Gasteiger partial charge in [-0.3, -0.25) is 9.59 Å². The summed E-state index contributed by atoms with van der Waals surface area (Å²) in [5.41, 5.74) is 2.06. The van der Waals surface area contributed by atoms with Gasteiger partial charge in [0, 0.05) is 13.1 Å². The largest absolute Gasteiger partial charge is 0.343 e. The van der Waals surface area contributed by atoms with Crippen molar-refractivity contribution in [1.29, 1.82) is 0 Å². The zero-order valence-corrected chi connectivity index (χ0v) is 13.8. The quantitative estimate of drug-likeness (QED) is 0.927. The van der Waals surface area contributed by atoms with Crippen molar-refractivity contribution in [1.82, 2.24) is 10.2 Å². The smallest absolute Gasteiger partial charge is 0.254 e. The number of rotatable bonds is 4. The van der Waals surface area contributed by atoms with E-state index in [1.807, 2.05) is 24.3 Å². The number of aryl methyl sites for hydroxylation is 1. The molecule has 0 aromatic heterocycles. The van der Waals surface area contributed by atoms with E-state index in [1.165, 1.54) is 5.56 Å². The normalized spacial score (nSPS) is 15.6. The second kappa shape index (κ2) is 7.01. The van der Waals surface area contributed by atoms with Crippen molar-refractivity contribution in [2.75, 3.05) is 13.6 Å². The van der Waals surface area contributed by atoms with Crippen LogP contribution in [0.25, 0.3) is 0 Å². The van der Waals surface area contributed by atoms with Crippen molar-refractivity contribution < 1.29 is 18.4 Å². The highest BCUT2D eigenvalue weighted by molar-refractivity contribution is 5.96. The molecule has 25 heavy (non-hydrogen) atoms. The molecule has 2 amide bonds. The fraction of sp³-hybridized carbons (Fsp3) is 0.263. The van der Waals surface area contributed by atoms with Gasteiger partial charge in [0.2, 0.25) is 5.91 Å². The Hall–Kier alpha value is -2.76. The third-order valence-electron chi connectivity index (χ3n) is 4.54. The molecule has 0 spiro atoms. The number of carbonyl (C=O) groups excluding carboxylic acids is 2. The van der Waals surface area contributed by atoms with Gasteiger partial charge in [-0.25, -0.2) is 8.78 Å². The molecule has 130 valence electrons. The highest BCUT2D eigenvalue weighted by Crippen LogP contribution is 2.34. The van der Waals surface area contributed by atoms with E-state index in [2.05, 4.69) is 5.32 Å². The Morgan fingerprint density at radius 3 is 2.72 bits per heavy atom. The van der Waals surface area contributed by atoms with Gasteiger partial charge in [0.05, 0.1) is 18.2 Å². The average Bonchev–Trinajstić information content (AvgIpc) is 3.02. The summed E-state index contributed by atoms with van der Waals surface area (Å²) in [5.74, 6) is -2.73. The molecule has 1 aliphatic rings. The molecule has 0 bridgehead atoms. The van der Waals surface area contributed by atoms with Crippen LogP contribution in [0.15, 0.2) is 42.5 Å². The van der Waals surface area contributed by atoms with Crippen molar-refractivity contribution >= 4 is 11.8 Å². The number of amides is 2. The summed E-state index contributed by atoms with van der Waals surface area (Å²) in [6.07, 6.45) is 1.74. The maximum absolute atomic E-state index is 13.6. The molecule has 0 fully saturated rings. The van der Waals surface area contributed by atoms with E-state index in [0.29, 0.717) is 6.07 Å². The van der Waals surface area contributed by atoms with Crippen LogP contribution in [0.3, 0.4) is 0 Å². The lowest BCUT2D eigenvalue weighted by atomic mass is 10.1. The Kier molecular flexibility index (Phi) is 4.79. The zero-order valence-electron chi connectivity index (χ0n) is 13.8. The molecule has 6 heteroatoms. The van der Waals surface area contributed by atoms with Gasteiger partial charge in [0.1, 0.15) is 11.6 Å². The first kappa shape index (κ1) is 17.1. The van der Waals surface area contributed by atoms with Crippen LogP contribution in [0.5, 0.6) is 0 Å². The van der Waals surface area contributed by atoms with Crippen molar-refractivity contribution in [3.8, 4) is 0 Å². The van der Waals surface area contributed by atoms with Crippen molar-refractivity contribution in [2.45, 2.75) is 18.9 Å². The van der Waals surface area contributed by atoms with Crippen LogP contribution >= 0.6 is 0 Å². The summed E-state index contributed by atoms with van der Waals surface area (Å²) in [6.45, 7) is -0.245. The van der Waals surface area contributed by atoms with Crippen LogP contribution in [0.1, 0.15) is 33.9 Å².